The Morgan fingerprint density at radius 1 is 0.250 bits per heavy atom. The number of fused-ring (bicyclic) bond motifs is 7. The van der Waals surface area contributed by atoms with Crippen LogP contribution in [-0.2, 0) is 0 Å². The maximum atomic E-state index is 5.43. The molecule has 0 saturated carbocycles. The molecule has 3 aromatic heterocycles. The molecule has 0 aliphatic carbocycles. The highest BCUT2D eigenvalue weighted by molar-refractivity contribution is 6.24. The van der Waals surface area contributed by atoms with E-state index < -0.39 is 0 Å². The molecule has 5 heteroatoms. The van der Waals surface area contributed by atoms with E-state index >= 15 is 0 Å². The van der Waals surface area contributed by atoms with Crippen LogP contribution in [0.2, 0.25) is 0 Å². The van der Waals surface area contributed by atoms with Gasteiger partial charge in [-0.15, -0.1) is 0 Å². The van der Waals surface area contributed by atoms with Gasteiger partial charge in [0.2, 0.25) is 5.95 Å². The van der Waals surface area contributed by atoms with E-state index in [9.17, 15) is 0 Å². The number of rotatable bonds is 8. The quantitative estimate of drug-likeness (QED) is 0.153. The third kappa shape index (κ3) is 6.68. The summed E-state index contributed by atoms with van der Waals surface area (Å²) in [4.78, 5) is 16.0. The lowest BCUT2D eigenvalue weighted by Gasteiger charge is -2.16. The largest absolute Gasteiger partial charge is 0.307 e. The van der Waals surface area contributed by atoms with E-state index in [0.717, 1.165) is 82.9 Å². The maximum Gasteiger partial charge on any atom is 0.238 e. The van der Waals surface area contributed by atoms with Crippen molar-refractivity contribution >= 4 is 43.6 Å². The molecule has 0 spiro atoms. The van der Waals surface area contributed by atoms with Gasteiger partial charge in [0.15, 0.2) is 11.6 Å². The lowest BCUT2D eigenvalue weighted by Crippen LogP contribution is -2.07. The van der Waals surface area contributed by atoms with E-state index in [1.807, 2.05) is 24.3 Å². The molecule has 13 rings (SSSR count). The molecule has 5 nitrogen and oxygen atoms in total. The van der Waals surface area contributed by atoms with E-state index in [1.165, 1.54) is 22.1 Å². The zero-order valence-corrected chi connectivity index (χ0v) is 36.9. The summed E-state index contributed by atoms with van der Waals surface area (Å²) in [7, 11) is 0. The Bertz CT molecular complexity index is 4020. The predicted molar refractivity (Wildman–Crippen MR) is 281 cm³/mol. The molecule has 68 heavy (non-hydrogen) atoms. The van der Waals surface area contributed by atoms with Crippen molar-refractivity contribution in [3.8, 4) is 78.9 Å². The van der Waals surface area contributed by atoms with Gasteiger partial charge in [0.25, 0.3) is 0 Å². The minimum atomic E-state index is 0.549. The minimum absolute atomic E-state index is 0.549. The average molecular weight is 868 g/mol. The fourth-order valence-electron chi connectivity index (χ4n) is 10.0. The molecule has 0 aliphatic heterocycles. The van der Waals surface area contributed by atoms with Crippen LogP contribution in [0.3, 0.4) is 0 Å². The second kappa shape index (κ2) is 16.4. The van der Waals surface area contributed by atoms with Crippen LogP contribution >= 0.6 is 0 Å². The van der Waals surface area contributed by atoms with Crippen LogP contribution in [0.25, 0.3) is 123 Å². The van der Waals surface area contributed by atoms with Gasteiger partial charge in [-0.05, 0) is 75.3 Å². The van der Waals surface area contributed by atoms with Gasteiger partial charge in [-0.3, -0.25) is 4.57 Å². The number of benzene rings is 10. The molecule has 0 saturated heterocycles. The Kier molecular flexibility index (Phi) is 9.43. The van der Waals surface area contributed by atoms with E-state index in [4.69, 9.17) is 15.0 Å². The molecule has 0 N–H and O–H groups in total. The van der Waals surface area contributed by atoms with Crippen LogP contribution < -0.4 is 0 Å². The molecule has 3 heterocycles. The molecule has 0 unspecified atom stereocenters. The van der Waals surface area contributed by atoms with Gasteiger partial charge in [-0.25, -0.2) is 4.98 Å². The van der Waals surface area contributed by atoms with E-state index in [2.05, 4.69) is 234 Å². The summed E-state index contributed by atoms with van der Waals surface area (Å²) in [5.74, 6) is 1.76. The van der Waals surface area contributed by atoms with Gasteiger partial charge in [-0.1, -0.05) is 212 Å². The number of para-hydroxylation sites is 3. The third-order valence-electron chi connectivity index (χ3n) is 13.2. The molecule has 318 valence electrons. The van der Waals surface area contributed by atoms with E-state index in [-0.39, 0.29) is 0 Å². The Hall–Kier alpha value is -9.19. The summed E-state index contributed by atoms with van der Waals surface area (Å²) in [6, 6.07) is 88.3. The smallest absolute Gasteiger partial charge is 0.238 e. The van der Waals surface area contributed by atoms with Crippen molar-refractivity contribution in [1.82, 2.24) is 24.1 Å². The highest BCUT2D eigenvalue weighted by Crippen LogP contribution is 2.43. The Labute approximate surface area is 393 Å². The predicted octanol–water partition coefficient (Wildman–Crippen LogP) is 16.1. The first-order valence-electron chi connectivity index (χ1n) is 23.0. The standard InChI is InChI=1S/C63H41N5/c1-4-19-42(20-5-1)45-25-16-27-47(39-45)48-28-17-29-49(40-48)51-31-10-13-34-56(51)67-57-35-14-11-32-52(57)54-37-38-55-53-33-12-15-36-58(53)68(60(55)59(54)67)63-65-61(44-23-8-3-9-24-44)64-62(66-63)50-30-18-26-46(41-50)43-21-6-2-7-22-43/h1-41H. The maximum absolute atomic E-state index is 5.43. The Morgan fingerprint density at radius 3 is 1.25 bits per heavy atom. The molecule has 0 amide bonds. The summed E-state index contributed by atoms with van der Waals surface area (Å²) in [5.41, 5.74) is 16.4. The van der Waals surface area contributed by atoms with Gasteiger partial charge in [0, 0.05) is 38.2 Å². The molecule has 0 radical (unpaired) electrons. The van der Waals surface area contributed by atoms with Gasteiger partial charge >= 0.3 is 0 Å². The monoisotopic (exact) mass is 867 g/mol. The fourth-order valence-corrected chi connectivity index (χ4v) is 10.0. The van der Waals surface area contributed by atoms with Gasteiger partial charge in [0.05, 0.1) is 27.8 Å². The van der Waals surface area contributed by atoms with Crippen molar-refractivity contribution in [1.29, 1.82) is 0 Å². The molecule has 0 fully saturated rings. The zero-order valence-electron chi connectivity index (χ0n) is 36.9. The van der Waals surface area contributed by atoms with Gasteiger partial charge in [0.1, 0.15) is 0 Å². The SMILES string of the molecule is c1ccc(-c2cccc(-c3cccc(-c4ccccc4-n4c5ccccc5c5ccc6c7ccccc7n(-c7nc(-c8ccccc8)nc(-c8cccc(-c9ccccc9)c8)n7)c6c54)c3)c2)cc1. The molecule has 0 bridgehead atoms. The summed E-state index contributed by atoms with van der Waals surface area (Å²) in [5, 5.41) is 4.55. The zero-order chi connectivity index (χ0) is 45.0. The first-order valence-corrected chi connectivity index (χ1v) is 23.0. The summed E-state index contributed by atoms with van der Waals surface area (Å²) < 4.78 is 4.73. The first-order chi connectivity index (χ1) is 33.7. The van der Waals surface area contributed by atoms with Crippen molar-refractivity contribution in [2.75, 3.05) is 0 Å². The van der Waals surface area contributed by atoms with Crippen LogP contribution in [0.15, 0.2) is 249 Å². The second-order valence-corrected chi connectivity index (χ2v) is 17.2. The third-order valence-corrected chi connectivity index (χ3v) is 13.2. The number of nitrogens with zero attached hydrogens (tertiary/aromatic N) is 5. The van der Waals surface area contributed by atoms with Crippen molar-refractivity contribution in [3.63, 3.8) is 0 Å². The first kappa shape index (κ1) is 39.2. The van der Waals surface area contributed by atoms with Crippen molar-refractivity contribution in [3.05, 3.63) is 249 Å². The number of aromatic nitrogens is 5. The van der Waals surface area contributed by atoms with Crippen LogP contribution in [0, 0.1) is 0 Å². The normalized spacial score (nSPS) is 11.5. The topological polar surface area (TPSA) is 48.5 Å². The summed E-state index contributed by atoms with van der Waals surface area (Å²) in [6.07, 6.45) is 0. The minimum Gasteiger partial charge on any atom is -0.307 e. The molecule has 0 aliphatic rings. The van der Waals surface area contributed by atoms with Gasteiger partial charge < -0.3 is 4.57 Å². The van der Waals surface area contributed by atoms with Crippen LogP contribution in [-0.4, -0.2) is 24.1 Å². The van der Waals surface area contributed by atoms with Crippen molar-refractivity contribution in [2.45, 2.75) is 0 Å². The average Bonchev–Trinajstić information content (AvgIpc) is 3.95. The van der Waals surface area contributed by atoms with E-state index in [0.29, 0.717) is 17.6 Å². The van der Waals surface area contributed by atoms with Gasteiger partial charge in [-0.2, -0.15) is 9.97 Å². The van der Waals surface area contributed by atoms with Crippen molar-refractivity contribution in [2.24, 2.45) is 0 Å². The summed E-state index contributed by atoms with van der Waals surface area (Å²) >= 11 is 0. The second-order valence-electron chi connectivity index (χ2n) is 17.2. The Morgan fingerprint density at radius 2 is 0.647 bits per heavy atom. The lowest BCUT2D eigenvalue weighted by atomic mass is 9.95. The highest BCUT2D eigenvalue weighted by atomic mass is 15.2. The molecular formula is C63H41N5. The Balaban J connectivity index is 1.07. The van der Waals surface area contributed by atoms with Crippen LogP contribution in [0.1, 0.15) is 0 Å². The molecular weight excluding hydrogens is 827 g/mol. The van der Waals surface area contributed by atoms with Crippen LogP contribution in [0.5, 0.6) is 0 Å². The molecule has 13 aromatic rings. The molecule has 0 atom stereocenters. The number of hydrogen-bond donors (Lipinski definition) is 0. The van der Waals surface area contributed by atoms with Crippen LogP contribution in [0.4, 0.5) is 0 Å². The highest BCUT2D eigenvalue weighted by Gasteiger charge is 2.24. The fraction of sp³-hybridized carbons (Fsp3) is 0. The van der Waals surface area contributed by atoms with E-state index in [1.54, 1.807) is 0 Å². The summed E-state index contributed by atoms with van der Waals surface area (Å²) in [6.45, 7) is 0. The number of hydrogen-bond acceptors (Lipinski definition) is 3. The van der Waals surface area contributed by atoms with Crippen molar-refractivity contribution < 1.29 is 0 Å². The lowest BCUT2D eigenvalue weighted by molar-refractivity contribution is 0.953. The molecule has 10 aromatic carbocycles.